The standard InChI is InChI=1S/C21H16N4O2S/c26-28(27,17-4-2-1-3-5-17)25-16-7-9-19-20(13-16)24-21(23-19)15-6-8-18-14(12-15)10-11-22-18/h1-13,22,25H,(H,23,24). The van der Waals surface area contributed by atoms with Crippen LogP contribution in [0.25, 0.3) is 33.3 Å². The van der Waals surface area contributed by atoms with Crippen LogP contribution in [0.4, 0.5) is 5.69 Å². The Balaban J connectivity index is 1.50. The van der Waals surface area contributed by atoms with Gasteiger partial charge in [0, 0.05) is 22.7 Å². The summed E-state index contributed by atoms with van der Waals surface area (Å²) < 4.78 is 27.7. The largest absolute Gasteiger partial charge is 0.361 e. The number of benzene rings is 3. The van der Waals surface area contributed by atoms with Crippen LogP contribution in [0, 0.1) is 0 Å². The summed E-state index contributed by atoms with van der Waals surface area (Å²) in [5, 5.41) is 1.11. The van der Waals surface area contributed by atoms with Gasteiger partial charge in [0.15, 0.2) is 0 Å². The van der Waals surface area contributed by atoms with E-state index >= 15 is 0 Å². The first kappa shape index (κ1) is 16.6. The number of H-pyrrole nitrogens is 2. The minimum Gasteiger partial charge on any atom is -0.361 e. The molecule has 0 amide bonds. The molecule has 5 rings (SSSR count). The van der Waals surface area contributed by atoms with E-state index in [0.29, 0.717) is 5.69 Å². The highest BCUT2D eigenvalue weighted by Gasteiger charge is 2.14. The van der Waals surface area contributed by atoms with E-state index < -0.39 is 10.0 Å². The van der Waals surface area contributed by atoms with E-state index in [-0.39, 0.29) is 4.90 Å². The van der Waals surface area contributed by atoms with Crippen molar-refractivity contribution in [1.82, 2.24) is 15.0 Å². The van der Waals surface area contributed by atoms with Gasteiger partial charge in [0.25, 0.3) is 10.0 Å². The fourth-order valence-corrected chi connectivity index (χ4v) is 4.29. The monoisotopic (exact) mass is 388 g/mol. The molecule has 0 saturated carbocycles. The average molecular weight is 388 g/mol. The van der Waals surface area contributed by atoms with Gasteiger partial charge in [-0.15, -0.1) is 0 Å². The SMILES string of the molecule is O=S(=O)(Nc1ccc2nc(-c3ccc4[nH]ccc4c3)[nH]c2c1)c1ccccc1. The van der Waals surface area contributed by atoms with E-state index in [4.69, 9.17) is 0 Å². The summed E-state index contributed by atoms with van der Waals surface area (Å²) in [5.74, 6) is 0.737. The normalized spacial score (nSPS) is 11.9. The molecule has 0 saturated heterocycles. The predicted molar refractivity (Wildman–Crippen MR) is 111 cm³/mol. The van der Waals surface area contributed by atoms with Crippen LogP contribution >= 0.6 is 0 Å². The van der Waals surface area contributed by atoms with Crippen molar-refractivity contribution >= 4 is 37.6 Å². The Bertz CT molecular complexity index is 1400. The van der Waals surface area contributed by atoms with E-state index in [1.54, 1.807) is 48.5 Å². The zero-order chi connectivity index (χ0) is 19.1. The van der Waals surface area contributed by atoms with Crippen LogP contribution in [-0.4, -0.2) is 23.4 Å². The number of nitrogens with one attached hydrogen (secondary N) is 3. The number of nitrogens with zero attached hydrogens (tertiary/aromatic N) is 1. The van der Waals surface area contributed by atoms with Crippen molar-refractivity contribution in [2.75, 3.05) is 4.72 Å². The highest BCUT2D eigenvalue weighted by Crippen LogP contribution is 2.26. The molecule has 3 N–H and O–H groups in total. The van der Waals surface area contributed by atoms with Gasteiger partial charge in [-0.05, 0) is 54.6 Å². The summed E-state index contributed by atoms with van der Waals surface area (Å²) in [6.07, 6.45) is 1.90. The molecule has 0 aliphatic heterocycles. The molecule has 2 aromatic heterocycles. The number of hydrogen-bond donors (Lipinski definition) is 3. The van der Waals surface area contributed by atoms with Gasteiger partial charge in [-0.25, -0.2) is 13.4 Å². The first-order valence-electron chi connectivity index (χ1n) is 8.74. The van der Waals surface area contributed by atoms with Gasteiger partial charge in [-0.1, -0.05) is 18.2 Å². The van der Waals surface area contributed by atoms with E-state index in [1.165, 1.54) is 0 Å². The molecule has 0 fully saturated rings. The van der Waals surface area contributed by atoms with Crippen molar-refractivity contribution in [3.8, 4) is 11.4 Å². The molecule has 5 aromatic rings. The number of hydrogen-bond acceptors (Lipinski definition) is 3. The molecule has 28 heavy (non-hydrogen) atoms. The van der Waals surface area contributed by atoms with Crippen molar-refractivity contribution < 1.29 is 8.42 Å². The fraction of sp³-hybridized carbons (Fsp3) is 0. The number of aromatic amines is 2. The lowest BCUT2D eigenvalue weighted by Crippen LogP contribution is -2.12. The van der Waals surface area contributed by atoms with Gasteiger partial charge in [0.05, 0.1) is 21.6 Å². The Morgan fingerprint density at radius 2 is 1.71 bits per heavy atom. The second-order valence-electron chi connectivity index (χ2n) is 6.52. The van der Waals surface area contributed by atoms with Gasteiger partial charge >= 0.3 is 0 Å². The van der Waals surface area contributed by atoms with E-state index in [0.717, 1.165) is 33.3 Å². The molecule has 2 heterocycles. The van der Waals surface area contributed by atoms with Gasteiger partial charge in [-0.2, -0.15) is 0 Å². The van der Waals surface area contributed by atoms with Crippen LogP contribution in [0.3, 0.4) is 0 Å². The third kappa shape index (κ3) is 2.91. The summed E-state index contributed by atoms with van der Waals surface area (Å²) in [4.78, 5) is 11.3. The fourth-order valence-electron chi connectivity index (χ4n) is 3.22. The van der Waals surface area contributed by atoms with E-state index in [9.17, 15) is 8.42 Å². The second-order valence-corrected chi connectivity index (χ2v) is 8.20. The summed E-state index contributed by atoms with van der Waals surface area (Å²) in [6, 6.07) is 21.6. The zero-order valence-corrected chi connectivity index (χ0v) is 15.5. The minimum absolute atomic E-state index is 0.222. The number of fused-ring (bicyclic) bond motifs is 2. The Labute approximate surface area is 161 Å². The lowest BCUT2D eigenvalue weighted by Gasteiger charge is -2.07. The Kier molecular flexibility index (Phi) is 3.70. The first-order valence-corrected chi connectivity index (χ1v) is 10.2. The maximum absolute atomic E-state index is 12.5. The van der Waals surface area contributed by atoms with Crippen molar-refractivity contribution in [1.29, 1.82) is 0 Å². The third-order valence-corrected chi connectivity index (χ3v) is 6.01. The highest BCUT2D eigenvalue weighted by atomic mass is 32.2. The van der Waals surface area contributed by atoms with Gasteiger partial charge in [-0.3, -0.25) is 4.72 Å². The van der Waals surface area contributed by atoms with Crippen molar-refractivity contribution in [3.05, 3.63) is 79.0 Å². The molecule has 0 aliphatic rings. The molecule has 3 aromatic carbocycles. The highest BCUT2D eigenvalue weighted by molar-refractivity contribution is 7.92. The number of aromatic nitrogens is 3. The maximum atomic E-state index is 12.5. The molecule has 0 radical (unpaired) electrons. The number of anilines is 1. The van der Waals surface area contributed by atoms with Crippen molar-refractivity contribution in [2.45, 2.75) is 4.90 Å². The molecule has 7 heteroatoms. The van der Waals surface area contributed by atoms with Crippen molar-refractivity contribution in [2.24, 2.45) is 0 Å². The molecule has 6 nitrogen and oxygen atoms in total. The lowest BCUT2D eigenvalue weighted by molar-refractivity contribution is 0.601. The van der Waals surface area contributed by atoms with Crippen LogP contribution in [0.5, 0.6) is 0 Å². The maximum Gasteiger partial charge on any atom is 0.261 e. The molecular weight excluding hydrogens is 372 g/mol. The lowest BCUT2D eigenvalue weighted by atomic mass is 10.1. The third-order valence-electron chi connectivity index (χ3n) is 4.61. The van der Waals surface area contributed by atoms with Crippen LogP contribution < -0.4 is 4.72 Å². The summed E-state index contributed by atoms with van der Waals surface area (Å²) in [6.45, 7) is 0. The van der Waals surface area contributed by atoms with Gasteiger partial charge in [0.1, 0.15) is 5.82 Å². The summed E-state index contributed by atoms with van der Waals surface area (Å²) in [5.41, 5.74) is 4.05. The van der Waals surface area contributed by atoms with Crippen LogP contribution in [0.1, 0.15) is 0 Å². The molecule has 0 atom stereocenters. The minimum atomic E-state index is -3.63. The topological polar surface area (TPSA) is 90.6 Å². The first-order chi connectivity index (χ1) is 13.6. The zero-order valence-electron chi connectivity index (χ0n) is 14.7. The smallest absolute Gasteiger partial charge is 0.261 e. The molecule has 0 spiro atoms. The predicted octanol–water partition coefficient (Wildman–Crippen LogP) is 4.51. The quantitative estimate of drug-likeness (QED) is 0.423. The molecule has 0 unspecified atom stereocenters. The van der Waals surface area contributed by atoms with E-state index in [2.05, 4.69) is 25.7 Å². The average Bonchev–Trinajstić information content (AvgIpc) is 3.34. The molecule has 138 valence electrons. The Morgan fingerprint density at radius 1 is 0.857 bits per heavy atom. The molecule has 0 aliphatic carbocycles. The number of imidazole rings is 1. The number of sulfonamides is 1. The van der Waals surface area contributed by atoms with Gasteiger partial charge in [0.2, 0.25) is 0 Å². The van der Waals surface area contributed by atoms with Crippen molar-refractivity contribution in [3.63, 3.8) is 0 Å². The van der Waals surface area contributed by atoms with Crippen LogP contribution in [0.15, 0.2) is 83.9 Å². The van der Waals surface area contributed by atoms with Gasteiger partial charge < -0.3 is 9.97 Å². The summed E-state index contributed by atoms with van der Waals surface area (Å²) >= 11 is 0. The van der Waals surface area contributed by atoms with Crippen LogP contribution in [-0.2, 0) is 10.0 Å². The molecule has 0 bridgehead atoms. The van der Waals surface area contributed by atoms with Crippen LogP contribution in [0.2, 0.25) is 0 Å². The second kappa shape index (κ2) is 6.24. The number of rotatable bonds is 4. The molecular formula is C21H16N4O2S. The van der Waals surface area contributed by atoms with E-state index in [1.807, 2.05) is 24.4 Å². The Hall–Kier alpha value is -3.58. The summed E-state index contributed by atoms with van der Waals surface area (Å²) in [7, 11) is -3.63. The Morgan fingerprint density at radius 3 is 2.57 bits per heavy atom.